The van der Waals surface area contributed by atoms with Gasteiger partial charge in [0.15, 0.2) is 5.78 Å². The number of likely N-dealkylation sites (tertiary alicyclic amines) is 1. The van der Waals surface area contributed by atoms with Crippen molar-refractivity contribution in [1.29, 1.82) is 0 Å². The van der Waals surface area contributed by atoms with E-state index < -0.39 is 11.5 Å². The summed E-state index contributed by atoms with van der Waals surface area (Å²) in [4.78, 5) is 32.9. The number of hydrogen-bond acceptors (Lipinski definition) is 3. The molecule has 6 rings (SSSR count). The smallest absolute Gasteiger partial charge is 0.253 e. The number of benzene rings is 4. The first kappa shape index (κ1) is 24.5. The normalized spacial score (nSPS) is 22.7. The first-order valence-corrected chi connectivity index (χ1v) is 13.0. The van der Waals surface area contributed by atoms with Crippen molar-refractivity contribution >= 4 is 29.0 Å². The van der Waals surface area contributed by atoms with E-state index in [-0.39, 0.29) is 23.4 Å². The maximum Gasteiger partial charge on any atom is 0.253 e. The third kappa shape index (κ3) is 3.77. The number of ketones is 1. The maximum atomic E-state index is 14.7. The van der Waals surface area contributed by atoms with Crippen LogP contribution in [0, 0.1) is 11.7 Å². The highest BCUT2D eigenvalue weighted by Gasteiger charge is 2.66. The molecule has 1 amide bonds. The first-order valence-electron chi connectivity index (χ1n) is 12.6. The molecule has 4 aromatic carbocycles. The molecule has 6 heteroatoms. The van der Waals surface area contributed by atoms with Crippen LogP contribution in [0.15, 0.2) is 103 Å². The number of halogens is 2. The summed E-state index contributed by atoms with van der Waals surface area (Å²) in [6.45, 7) is 0.805. The van der Waals surface area contributed by atoms with Gasteiger partial charge in [-0.1, -0.05) is 84.4 Å². The van der Waals surface area contributed by atoms with Gasteiger partial charge in [-0.05, 0) is 48.5 Å². The lowest BCUT2D eigenvalue weighted by Gasteiger charge is -2.36. The van der Waals surface area contributed by atoms with Gasteiger partial charge in [-0.25, -0.2) is 4.39 Å². The third-order valence-corrected chi connectivity index (χ3v) is 8.21. The van der Waals surface area contributed by atoms with Gasteiger partial charge < -0.3 is 4.90 Å². The molecule has 2 aliphatic rings. The van der Waals surface area contributed by atoms with Crippen molar-refractivity contribution in [2.24, 2.45) is 5.92 Å². The van der Waals surface area contributed by atoms with E-state index in [9.17, 15) is 14.0 Å². The van der Waals surface area contributed by atoms with Crippen LogP contribution in [0.4, 0.5) is 10.1 Å². The minimum atomic E-state index is -1.21. The lowest BCUT2D eigenvalue weighted by atomic mass is 9.70. The summed E-state index contributed by atoms with van der Waals surface area (Å²) in [6.07, 6.45) is 0. The van der Waals surface area contributed by atoms with E-state index in [1.807, 2.05) is 72.6 Å². The Kier molecular flexibility index (Phi) is 6.13. The summed E-state index contributed by atoms with van der Waals surface area (Å²) < 4.78 is 13.9. The molecule has 0 aromatic heterocycles. The van der Waals surface area contributed by atoms with Crippen LogP contribution in [0.25, 0.3) is 0 Å². The van der Waals surface area contributed by atoms with Crippen LogP contribution in [0.2, 0.25) is 5.02 Å². The van der Waals surface area contributed by atoms with Crippen molar-refractivity contribution in [3.8, 4) is 0 Å². The number of nitrogens with zero attached hydrogens (tertiary/aromatic N) is 2. The molecule has 2 aliphatic heterocycles. The van der Waals surface area contributed by atoms with E-state index in [2.05, 4.69) is 0 Å². The molecule has 0 N–H and O–H groups in total. The van der Waals surface area contributed by atoms with Crippen LogP contribution in [0.5, 0.6) is 0 Å². The molecular weight excluding hydrogens is 499 g/mol. The van der Waals surface area contributed by atoms with Gasteiger partial charge in [0.05, 0.1) is 12.5 Å². The lowest BCUT2D eigenvalue weighted by molar-refractivity contribution is -0.129. The molecule has 0 radical (unpaired) electrons. The number of Topliss-reactive ketones (excluding diaryl/α,β-unsaturated/α-hetero) is 1. The molecule has 1 fully saturated rings. The predicted octanol–water partition coefficient (Wildman–Crippen LogP) is 6.45. The highest BCUT2D eigenvalue weighted by molar-refractivity contribution is 6.30. The van der Waals surface area contributed by atoms with E-state index in [1.165, 1.54) is 12.1 Å². The molecule has 2 heterocycles. The Bertz CT molecular complexity index is 1520. The fourth-order valence-corrected chi connectivity index (χ4v) is 6.55. The van der Waals surface area contributed by atoms with E-state index in [0.717, 1.165) is 22.4 Å². The van der Waals surface area contributed by atoms with Crippen molar-refractivity contribution in [3.05, 3.63) is 136 Å². The number of likely N-dealkylation sites (N-methyl/N-ethyl adjacent to an activating group) is 1. The Morgan fingerprint density at radius 1 is 0.947 bits per heavy atom. The number of amides is 1. The topological polar surface area (TPSA) is 40.6 Å². The monoisotopic (exact) mass is 524 g/mol. The molecule has 190 valence electrons. The molecule has 4 nitrogen and oxygen atoms in total. The summed E-state index contributed by atoms with van der Waals surface area (Å²) in [5, 5.41) is 0.601. The van der Waals surface area contributed by atoms with Gasteiger partial charge in [0, 0.05) is 34.3 Å². The second-order valence-electron chi connectivity index (χ2n) is 10.1. The average molecular weight is 525 g/mol. The lowest BCUT2D eigenvalue weighted by Crippen LogP contribution is -2.53. The maximum absolute atomic E-state index is 14.7. The van der Waals surface area contributed by atoms with Crippen molar-refractivity contribution in [3.63, 3.8) is 0 Å². The van der Waals surface area contributed by atoms with Gasteiger partial charge in [-0.3, -0.25) is 14.5 Å². The Hall–Kier alpha value is -3.80. The number of para-hydroxylation sites is 1. The summed E-state index contributed by atoms with van der Waals surface area (Å²) in [7, 11) is 1.91. The standard InChI is InChI=1S/C32H26ClFN2O2/c1-35-20-26(22-14-16-25(34)17-15-22)29(30(37)23-9-3-2-4-10-23)32(35)27-12-5-6-13-28(27)36(31(32)38)19-21-8-7-11-24(33)18-21/h2-18,26,29H,19-20H2,1H3/t26-,29+,32+/m1/s1. The summed E-state index contributed by atoms with van der Waals surface area (Å²) in [5.74, 6) is -1.59. The average Bonchev–Trinajstić information content (AvgIpc) is 3.37. The van der Waals surface area contributed by atoms with Crippen molar-refractivity contribution in [1.82, 2.24) is 4.90 Å². The van der Waals surface area contributed by atoms with E-state index >= 15 is 0 Å². The predicted molar refractivity (Wildman–Crippen MR) is 147 cm³/mol. The van der Waals surface area contributed by atoms with Gasteiger partial charge in [0.1, 0.15) is 11.4 Å². The molecule has 3 atom stereocenters. The second kappa shape index (κ2) is 9.50. The summed E-state index contributed by atoms with van der Waals surface area (Å²) in [5.41, 5.74) is 2.69. The number of anilines is 1. The van der Waals surface area contributed by atoms with Crippen LogP contribution in [-0.4, -0.2) is 30.2 Å². The van der Waals surface area contributed by atoms with Gasteiger partial charge in [0.2, 0.25) is 0 Å². The Balaban J connectivity index is 1.54. The molecule has 0 unspecified atom stereocenters. The number of carbonyl (C=O) groups is 2. The fourth-order valence-electron chi connectivity index (χ4n) is 6.34. The highest BCUT2D eigenvalue weighted by Crippen LogP contribution is 2.57. The summed E-state index contributed by atoms with van der Waals surface area (Å²) >= 11 is 6.26. The number of carbonyl (C=O) groups excluding carboxylic acids is 2. The van der Waals surface area contributed by atoms with Crippen LogP contribution < -0.4 is 4.90 Å². The zero-order valence-electron chi connectivity index (χ0n) is 20.9. The van der Waals surface area contributed by atoms with Crippen molar-refractivity contribution in [2.75, 3.05) is 18.5 Å². The molecule has 0 bridgehead atoms. The quantitative estimate of drug-likeness (QED) is 0.282. The van der Waals surface area contributed by atoms with Crippen molar-refractivity contribution in [2.45, 2.75) is 18.0 Å². The van der Waals surface area contributed by atoms with Crippen LogP contribution in [0.1, 0.15) is 33.0 Å². The van der Waals surface area contributed by atoms with Crippen LogP contribution >= 0.6 is 11.6 Å². The number of rotatable bonds is 5. The molecule has 0 saturated carbocycles. The zero-order chi connectivity index (χ0) is 26.4. The molecule has 1 spiro atoms. The highest BCUT2D eigenvalue weighted by atomic mass is 35.5. The molecule has 1 saturated heterocycles. The Labute approximate surface area is 226 Å². The largest absolute Gasteiger partial charge is 0.306 e. The first-order chi connectivity index (χ1) is 18.4. The Morgan fingerprint density at radius 3 is 2.39 bits per heavy atom. The van der Waals surface area contributed by atoms with Crippen LogP contribution in [0.3, 0.4) is 0 Å². The fraction of sp³-hybridized carbons (Fsp3) is 0.188. The third-order valence-electron chi connectivity index (χ3n) is 7.97. The van der Waals surface area contributed by atoms with E-state index in [1.54, 1.807) is 35.2 Å². The minimum absolute atomic E-state index is 0.1000. The van der Waals surface area contributed by atoms with E-state index in [0.29, 0.717) is 23.7 Å². The van der Waals surface area contributed by atoms with Crippen LogP contribution in [-0.2, 0) is 16.9 Å². The number of fused-ring (bicyclic) bond motifs is 2. The van der Waals surface area contributed by atoms with Gasteiger partial charge >= 0.3 is 0 Å². The van der Waals surface area contributed by atoms with Gasteiger partial charge in [-0.15, -0.1) is 0 Å². The summed E-state index contributed by atoms with van der Waals surface area (Å²) in [6, 6.07) is 30.6. The molecule has 38 heavy (non-hydrogen) atoms. The molecular formula is C32H26ClFN2O2. The zero-order valence-corrected chi connectivity index (χ0v) is 21.6. The van der Waals surface area contributed by atoms with Gasteiger partial charge in [-0.2, -0.15) is 0 Å². The van der Waals surface area contributed by atoms with Gasteiger partial charge in [0.25, 0.3) is 5.91 Å². The minimum Gasteiger partial charge on any atom is -0.306 e. The molecule has 4 aromatic rings. The number of hydrogen-bond donors (Lipinski definition) is 0. The van der Waals surface area contributed by atoms with E-state index in [4.69, 9.17) is 11.6 Å². The Morgan fingerprint density at radius 2 is 1.66 bits per heavy atom. The van der Waals surface area contributed by atoms with Crippen molar-refractivity contribution < 1.29 is 14.0 Å². The molecule has 0 aliphatic carbocycles. The second-order valence-corrected chi connectivity index (χ2v) is 10.5. The SMILES string of the molecule is CN1C[C@H](c2ccc(F)cc2)[C@@H](C(=O)c2ccccc2)[C@@]12C(=O)N(Cc1cccc(Cl)c1)c1ccccc12.